The van der Waals surface area contributed by atoms with E-state index in [4.69, 9.17) is 9.88 Å². The molecule has 262 valence electrons. The van der Waals surface area contributed by atoms with E-state index in [1.165, 1.54) is 12.1 Å². The van der Waals surface area contributed by atoms with Gasteiger partial charge in [-0.05, 0) is 106 Å². The Hall–Kier alpha value is -4.55. The van der Waals surface area contributed by atoms with Gasteiger partial charge < -0.3 is 20.7 Å². The lowest BCUT2D eigenvalue weighted by molar-refractivity contribution is -0.130. The minimum Gasteiger partial charge on any atom is -0.444 e. The van der Waals surface area contributed by atoms with E-state index in [1.807, 2.05) is 64.1 Å². The lowest BCUT2D eigenvalue weighted by Gasteiger charge is -2.29. The predicted octanol–water partition coefficient (Wildman–Crippen LogP) is 5.44. The van der Waals surface area contributed by atoms with Crippen LogP contribution in [0.25, 0.3) is 11.1 Å². The number of nitrogens with two attached hydrogens (primary N) is 1. The van der Waals surface area contributed by atoms with Gasteiger partial charge in [-0.2, -0.15) is 0 Å². The van der Waals surface area contributed by atoms with Gasteiger partial charge in [0.2, 0.25) is 21.8 Å². The summed E-state index contributed by atoms with van der Waals surface area (Å²) in [5.74, 6) is -0.592. The third-order valence-electron chi connectivity index (χ3n) is 8.55. The fourth-order valence-corrected chi connectivity index (χ4v) is 6.35. The number of carbonyl (C=O) groups excluding carboxylic acids is 3. The minimum atomic E-state index is -3.89. The maximum absolute atomic E-state index is 13.7. The molecular formula is C37H47N5O6S. The summed E-state index contributed by atoms with van der Waals surface area (Å²) < 4.78 is 29.2. The molecule has 49 heavy (non-hydrogen) atoms. The van der Waals surface area contributed by atoms with Crippen LogP contribution in [0.2, 0.25) is 0 Å². The van der Waals surface area contributed by atoms with Crippen molar-refractivity contribution < 1.29 is 27.5 Å². The van der Waals surface area contributed by atoms with E-state index in [1.54, 1.807) is 31.3 Å². The molecule has 3 aromatic carbocycles. The molecule has 0 bridgehead atoms. The highest BCUT2D eigenvalue weighted by atomic mass is 32.2. The van der Waals surface area contributed by atoms with Gasteiger partial charge in [0.05, 0.1) is 4.90 Å². The molecule has 4 rings (SSSR count). The van der Waals surface area contributed by atoms with Gasteiger partial charge in [0, 0.05) is 37.3 Å². The Bertz CT molecular complexity index is 1780. The lowest BCUT2D eigenvalue weighted by atomic mass is 9.81. The minimum absolute atomic E-state index is 0.00156. The molecule has 0 aromatic heterocycles. The third kappa shape index (κ3) is 11.3. The number of nitrogens with zero attached hydrogens (tertiary/aromatic N) is 1. The van der Waals surface area contributed by atoms with E-state index < -0.39 is 27.8 Å². The van der Waals surface area contributed by atoms with Gasteiger partial charge in [0.1, 0.15) is 11.6 Å². The molecule has 11 nitrogen and oxygen atoms in total. The van der Waals surface area contributed by atoms with Gasteiger partial charge in [-0.15, -0.1) is 0 Å². The van der Waals surface area contributed by atoms with Gasteiger partial charge in [-0.3, -0.25) is 14.6 Å². The van der Waals surface area contributed by atoms with Gasteiger partial charge in [0.15, 0.2) is 0 Å². The summed E-state index contributed by atoms with van der Waals surface area (Å²) in [5, 5.41) is 14.1. The van der Waals surface area contributed by atoms with Crippen molar-refractivity contribution >= 4 is 39.3 Å². The number of hydrogen-bond acceptors (Lipinski definition) is 7. The highest BCUT2D eigenvalue weighted by Crippen LogP contribution is 2.29. The second-order valence-electron chi connectivity index (χ2n) is 13.5. The summed E-state index contributed by atoms with van der Waals surface area (Å²) in [7, 11) is -2.17. The molecule has 1 atom stereocenters. The molecule has 3 aromatic rings. The topological polar surface area (TPSA) is 169 Å². The van der Waals surface area contributed by atoms with Crippen molar-refractivity contribution in [2.24, 2.45) is 22.0 Å². The van der Waals surface area contributed by atoms with E-state index >= 15 is 0 Å². The van der Waals surface area contributed by atoms with E-state index in [-0.39, 0.29) is 35.0 Å². The van der Waals surface area contributed by atoms with Gasteiger partial charge in [-0.25, -0.2) is 18.4 Å². The van der Waals surface area contributed by atoms with Crippen LogP contribution in [0, 0.1) is 11.8 Å². The van der Waals surface area contributed by atoms with Gasteiger partial charge in [0.25, 0.3) is 0 Å². The Balaban J connectivity index is 1.48. The standard InChI is InChI=1S/C37H47N5O6S/c1-24(39-5)27-16-18-31(19-17-27)41-35(44)33(21-26-8-6-9-29(20-26)30-10-7-11-32(22-30)49(38,46)47)42-34(43)28-14-12-25(13-15-28)23-40-36(45)48-37(2,3)4/h6-11,16-20,22,25,28,33H,12-15,21,23H2,1-5H3,(H,40,45)(H,41,44)(H,42,43)(H2,38,46,47). The zero-order valence-electron chi connectivity index (χ0n) is 28.8. The predicted molar refractivity (Wildman–Crippen MR) is 192 cm³/mol. The number of benzene rings is 3. The maximum Gasteiger partial charge on any atom is 0.407 e. The lowest BCUT2D eigenvalue weighted by Crippen LogP contribution is -2.48. The summed E-state index contributed by atoms with van der Waals surface area (Å²) in [5.41, 5.74) is 4.00. The molecule has 1 aliphatic carbocycles. The number of amides is 3. The first-order valence-corrected chi connectivity index (χ1v) is 18.0. The van der Waals surface area contributed by atoms with Gasteiger partial charge >= 0.3 is 6.09 Å². The number of carbonyl (C=O) groups is 3. The van der Waals surface area contributed by atoms with Crippen LogP contribution < -0.4 is 21.1 Å². The first-order chi connectivity index (χ1) is 23.1. The van der Waals surface area contributed by atoms with Crippen molar-refractivity contribution in [2.45, 2.75) is 76.3 Å². The van der Waals surface area contributed by atoms with Crippen LogP contribution in [-0.4, -0.2) is 57.3 Å². The maximum atomic E-state index is 13.7. The second kappa shape index (κ2) is 16.2. The van der Waals surface area contributed by atoms with Crippen molar-refractivity contribution in [3.8, 4) is 11.1 Å². The van der Waals surface area contributed by atoms with Crippen molar-refractivity contribution in [1.29, 1.82) is 0 Å². The average Bonchev–Trinajstić information content (AvgIpc) is 3.06. The molecule has 3 amide bonds. The normalized spacial score (nSPS) is 17.5. The summed E-state index contributed by atoms with van der Waals surface area (Å²) in [4.78, 5) is 43.6. The molecule has 1 fully saturated rings. The summed E-state index contributed by atoms with van der Waals surface area (Å²) in [6.45, 7) is 7.83. The smallest absolute Gasteiger partial charge is 0.407 e. The molecule has 1 unspecified atom stereocenters. The van der Waals surface area contributed by atoms with Crippen molar-refractivity contribution in [2.75, 3.05) is 18.9 Å². The van der Waals surface area contributed by atoms with E-state index in [0.717, 1.165) is 35.2 Å². The Labute approximate surface area is 289 Å². The molecule has 5 N–H and O–H groups in total. The number of rotatable bonds is 11. The number of hydrogen-bond donors (Lipinski definition) is 4. The molecule has 0 aliphatic heterocycles. The Kier molecular flexibility index (Phi) is 12.3. The van der Waals surface area contributed by atoms with Crippen LogP contribution in [0.1, 0.15) is 64.5 Å². The van der Waals surface area contributed by atoms with E-state index in [2.05, 4.69) is 20.9 Å². The zero-order valence-corrected chi connectivity index (χ0v) is 29.6. The Morgan fingerprint density at radius 3 is 2.18 bits per heavy atom. The van der Waals surface area contributed by atoms with Crippen molar-refractivity contribution in [3.05, 3.63) is 83.9 Å². The van der Waals surface area contributed by atoms with E-state index in [0.29, 0.717) is 30.6 Å². The highest BCUT2D eigenvalue weighted by molar-refractivity contribution is 7.89. The number of alkyl carbamates (subject to hydrolysis) is 1. The molecule has 12 heteroatoms. The van der Waals surface area contributed by atoms with E-state index in [9.17, 15) is 22.8 Å². The SMILES string of the molecule is CN=C(C)c1ccc(NC(=O)C(Cc2cccc(-c3cccc(S(N)(=O)=O)c3)c2)NC(=O)C2CCC(CNC(=O)OC(C)(C)C)CC2)cc1. The quantitative estimate of drug-likeness (QED) is 0.196. The largest absolute Gasteiger partial charge is 0.444 e. The average molecular weight is 690 g/mol. The van der Waals surface area contributed by atoms with Crippen LogP contribution in [0.3, 0.4) is 0 Å². The van der Waals surface area contributed by atoms with Crippen LogP contribution in [0.5, 0.6) is 0 Å². The number of ether oxygens (including phenoxy) is 1. The van der Waals surface area contributed by atoms with Gasteiger partial charge in [-0.1, -0.05) is 48.5 Å². The fourth-order valence-electron chi connectivity index (χ4n) is 5.79. The molecule has 0 heterocycles. The first kappa shape index (κ1) is 37.3. The molecular weight excluding hydrogens is 643 g/mol. The van der Waals surface area contributed by atoms with Crippen LogP contribution in [-0.2, 0) is 30.8 Å². The zero-order chi connectivity index (χ0) is 35.8. The number of nitrogens with one attached hydrogen (secondary N) is 3. The van der Waals surface area contributed by atoms with Crippen molar-refractivity contribution in [3.63, 3.8) is 0 Å². The van der Waals surface area contributed by atoms with Crippen LogP contribution in [0.4, 0.5) is 10.5 Å². The van der Waals surface area contributed by atoms with Crippen LogP contribution >= 0.6 is 0 Å². The molecule has 1 aliphatic rings. The highest BCUT2D eigenvalue weighted by Gasteiger charge is 2.30. The van der Waals surface area contributed by atoms with Crippen molar-refractivity contribution in [1.82, 2.24) is 10.6 Å². The monoisotopic (exact) mass is 689 g/mol. The number of primary sulfonamides is 1. The van der Waals surface area contributed by atoms with Crippen LogP contribution in [0.15, 0.2) is 82.7 Å². The number of aliphatic imine (C=N–C) groups is 1. The third-order valence-corrected chi connectivity index (χ3v) is 9.46. The molecule has 0 spiro atoms. The number of anilines is 1. The Morgan fingerprint density at radius 2 is 1.57 bits per heavy atom. The summed E-state index contributed by atoms with van der Waals surface area (Å²) >= 11 is 0. The first-order valence-electron chi connectivity index (χ1n) is 16.5. The summed E-state index contributed by atoms with van der Waals surface area (Å²) in [6.07, 6.45) is 2.54. The summed E-state index contributed by atoms with van der Waals surface area (Å²) in [6, 6.07) is 20.2. The fraction of sp³-hybridized carbons (Fsp3) is 0.405. The Morgan fingerprint density at radius 1 is 0.939 bits per heavy atom. The molecule has 1 saturated carbocycles. The second-order valence-corrected chi connectivity index (χ2v) is 15.1. The molecule has 0 saturated heterocycles. The number of sulfonamides is 1. The molecule has 0 radical (unpaired) electrons.